The monoisotopic (exact) mass is 969 g/mol. The van der Waals surface area contributed by atoms with Crippen LogP contribution in [0, 0.1) is 34.5 Å². The van der Waals surface area contributed by atoms with E-state index in [0.29, 0.717) is 30.9 Å². The number of benzene rings is 1. The lowest BCUT2D eigenvalue weighted by molar-refractivity contribution is -0.321. The van der Waals surface area contributed by atoms with E-state index in [9.17, 15) is 39.9 Å². The highest BCUT2D eigenvalue weighted by Crippen LogP contribution is 2.69. The van der Waals surface area contributed by atoms with E-state index in [1.54, 1.807) is 12.1 Å². The van der Waals surface area contributed by atoms with Crippen LogP contribution in [0.25, 0.3) is 0 Å². The molecule has 0 bridgehead atoms. The summed E-state index contributed by atoms with van der Waals surface area (Å²) in [5.74, 6) is -1.39. The zero-order valence-corrected chi connectivity index (χ0v) is 41.5. The Kier molecular flexibility index (Phi) is 17.8. The lowest BCUT2D eigenvalue weighted by Crippen LogP contribution is -2.63. The summed E-state index contributed by atoms with van der Waals surface area (Å²) in [7, 11) is 1.50. The highest BCUT2D eigenvalue weighted by Gasteiger charge is 2.70. The van der Waals surface area contributed by atoms with E-state index < -0.39 is 84.0 Å². The molecule has 69 heavy (non-hydrogen) atoms. The Labute approximate surface area is 408 Å². The van der Waals surface area contributed by atoms with Crippen LogP contribution in [-0.4, -0.2) is 131 Å². The van der Waals surface area contributed by atoms with Crippen LogP contribution in [0.15, 0.2) is 48.6 Å². The maximum Gasteiger partial charge on any atom is 0.338 e. The molecule has 1 aromatic carbocycles. The molecule has 0 radical (unpaired) electrons. The van der Waals surface area contributed by atoms with E-state index >= 15 is 0 Å². The molecule has 3 unspecified atom stereocenters. The van der Waals surface area contributed by atoms with Gasteiger partial charge in [0.2, 0.25) is 0 Å². The van der Waals surface area contributed by atoms with Crippen LogP contribution >= 0.6 is 0 Å². The van der Waals surface area contributed by atoms with Crippen molar-refractivity contribution in [2.24, 2.45) is 34.5 Å². The van der Waals surface area contributed by atoms with Gasteiger partial charge in [-0.2, -0.15) is 0 Å². The second kappa shape index (κ2) is 23.0. The number of hydrogen-bond donors (Lipinski definition) is 5. The first-order valence-electron chi connectivity index (χ1n) is 25.8. The minimum absolute atomic E-state index is 0.0259. The largest absolute Gasteiger partial charge is 0.497 e. The summed E-state index contributed by atoms with van der Waals surface area (Å²) >= 11 is 0. The average molecular weight is 969 g/mol. The van der Waals surface area contributed by atoms with Gasteiger partial charge in [-0.15, -0.1) is 6.58 Å². The van der Waals surface area contributed by atoms with Gasteiger partial charge in [0, 0.05) is 24.7 Å². The number of aliphatic hydroxyl groups excluding tert-OH is 4. The van der Waals surface area contributed by atoms with Crippen molar-refractivity contribution in [2.75, 3.05) is 20.3 Å². The van der Waals surface area contributed by atoms with Crippen molar-refractivity contribution in [3.05, 3.63) is 54.1 Å². The number of rotatable bonds is 20. The fourth-order valence-corrected chi connectivity index (χ4v) is 13.4. The predicted octanol–water partition coefficient (Wildman–Crippen LogP) is 6.67. The zero-order valence-electron chi connectivity index (χ0n) is 41.5. The summed E-state index contributed by atoms with van der Waals surface area (Å²) < 4.78 is 42.6. The number of ether oxygens (including phenoxy) is 7. The molecule has 0 spiro atoms. The third kappa shape index (κ3) is 11.3. The summed E-state index contributed by atoms with van der Waals surface area (Å²) in [6.45, 7) is 11.0. The minimum atomic E-state index is -1.57. The molecule has 5 N–H and O–H groups in total. The molecule has 6 aliphatic rings. The Morgan fingerprint density at radius 2 is 1.59 bits per heavy atom. The zero-order chi connectivity index (χ0) is 49.7. The Balaban J connectivity index is 1.12. The third-order valence-corrected chi connectivity index (χ3v) is 17.4. The molecular weight excluding hydrogens is 889 g/mol. The van der Waals surface area contributed by atoms with Crippen LogP contribution in [0.3, 0.4) is 0 Å². The van der Waals surface area contributed by atoms with Crippen molar-refractivity contribution < 1.29 is 73.1 Å². The Hall–Kier alpha value is -3.41. The summed E-state index contributed by atoms with van der Waals surface area (Å²) in [5.41, 5.74) is -0.854. The van der Waals surface area contributed by atoms with Gasteiger partial charge in [0.1, 0.15) is 29.7 Å². The second-order valence-corrected chi connectivity index (χ2v) is 21.5. The summed E-state index contributed by atoms with van der Waals surface area (Å²) in [6, 6.07) is 6.20. The fraction of sp³-hybridized carbons (Fsp3) is 0.759. The van der Waals surface area contributed by atoms with E-state index in [1.165, 1.54) is 31.7 Å². The molecule has 0 aromatic heterocycles. The van der Waals surface area contributed by atoms with Crippen LogP contribution in [0.2, 0.25) is 0 Å². The Bertz CT molecular complexity index is 1940. The first kappa shape index (κ1) is 53.4. The van der Waals surface area contributed by atoms with E-state index in [0.717, 1.165) is 70.6 Å². The number of carbonyl (C=O) groups is 3. The maximum absolute atomic E-state index is 13.6. The molecule has 4 saturated carbocycles. The van der Waals surface area contributed by atoms with Gasteiger partial charge in [0.25, 0.3) is 0 Å². The van der Waals surface area contributed by atoms with Crippen molar-refractivity contribution in [1.29, 1.82) is 0 Å². The molecule has 15 nitrogen and oxygen atoms in total. The number of carbonyl (C=O) groups excluding carboxylic acids is 3. The molecular formula is C54H80O15. The normalized spacial score (nSPS) is 38.9. The van der Waals surface area contributed by atoms with Crippen molar-refractivity contribution in [1.82, 2.24) is 0 Å². The number of allylic oxidation sites excluding steroid dienone is 2. The summed E-state index contributed by atoms with van der Waals surface area (Å²) in [6.07, 6.45) is 5.02. The molecule has 5 fully saturated rings. The smallest absolute Gasteiger partial charge is 0.338 e. The molecule has 0 amide bonds. The van der Waals surface area contributed by atoms with Crippen molar-refractivity contribution in [3.8, 4) is 5.75 Å². The van der Waals surface area contributed by atoms with Crippen molar-refractivity contribution in [2.45, 2.75) is 204 Å². The van der Waals surface area contributed by atoms with Crippen molar-refractivity contribution >= 4 is 17.9 Å². The second-order valence-electron chi connectivity index (χ2n) is 21.5. The minimum Gasteiger partial charge on any atom is -0.497 e. The molecule has 1 heterocycles. The summed E-state index contributed by atoms with van der Waals surface area (Å²) in [5, 5.41) is 57.7. The average Bonchev–Trinajstić information content (AvgIpc) is 3.56. The quantitative estimate of drug-likeness (QED) is 0.0399. The van der Waals surface area contributed by atoms with Gasteiger partial charge in [-0.1, -0.05) is 64.2 Å². The van der Waals surface area contributed by atoms with Crippen LogP contribution in [0.4, 0.5) is 0 Å². The number of aliphatic hydroxyl groups is 5. The van der Waals surface area contributed by atoms with E-state index in [-0.39, 0.29) is 67.4 Å². The van der Waals surface area contributed by atoms with E-state index in [1.807, 2.05) is 13.0 Å². The number of methoxy groups -OCH3 is 1. The van der Waals surface area contributed by atoms with E-state index in [4.69, 9.17) is 33.2 Å². The van der Waals surface area contributed by atoms with Gasteiger partial charge in [0.15, 0.2) is 18.5 Å². The van der Waals surface area contributed by atoms with Gasteiger partial charge in [-0.05, 0) is 124 Å². The highest BCUT2D eigenvalue weighted by molar-refractivity contribution is 5.89. The third-order valence-electron chi connectivity index (χ3n) is 17.4. The lowest BCUT2D eigenvalue weighted by Gasteiger charge is -2.59. The molecule has 1 aliphatic heterocycles. The number of esters is 3. The number of hydrogen-bond acceptors (Lipinski definition) is 15. The topological polar surface area (TPSA) is 217 Å². The Morgan fingerprint density at radius 1 is 0.870 bits per heavy atom. The van der Waals surface area contributed by atoms with Gasteiger partial charge >= 0.3 is 17.9 Å². The van der Waals surface area contributed by atoms with Crippen LogP contribution < -0.4 is 4.74 Å². The van der Waals surface area contributed by atoms with E-state index in [2.05, 4.69) is 26.5 Å². The first-order chi connectivity index (χ1) is 32.9. The summed E-state index contributed by atoms with van der Waals surface area (Å²) in [4.78, 5) is 39.6. The molecule has 17 atom stereocenters. The first-order valence-corrected chi connectivity index (χ1v) is 25.8. The number of unbranched alkanes of at least 4 members (excludes halogenated alkanes) is 6. The van der Waals surface area contributed by atoms with Gasteiger partial charge in [-0.25, -0.2) is 4.79 Å². The maximum atomic E-state index is 13.6. The molecule has 15 heteroatoms. The van der Waals surface area contributed by atoms with Gasteiger partial charge in [-0.3, -0.25) is 9.59 Å². The Morgan fingerprint density at radius 3 is 2.30 bits per heavy atom. The molecule has 7 rings (SSSR count). The molecule has 5 aliphatic carbocycles. The number of fused-ring (bicyclic) bond motifs is 5. The van der Waals surface area contributed by atoms with Crippen LogP contribution in [0.5, 0.6) is 5.75 Å². The van der Waals surface area contributed by atoms with Crippen LogP contribution in [-0.2, 0) is 38.0 Å². The lowest BCUT2D eigenvalue weighted by atomic mass is 9.46. The van der Waals surface area contributed by atoms with Crippen LogP contribution in [0.1, 0.15) is 147 Å². The van der Waals surface area contributed by atoms with Gasteiger partial charge < -0.3 is 58.7 Å². The SMILES string of the molecule is C=CCCCCCCCCC(=O)OC[C@@H](C)[C@@]1(O)[C@@H](O[C@@H]2OC[C@H](O)[C@H](O[C@@H]3CC[C@@H](O)[C@H](O)[C@H]3OC(=O)c3ccc(OC)cc3)[C@H]2OC(C)=O)CC2C3CC=C4C[C@@H](O)CC[C@]4(C)C3CC[C@@]21C. The molecule has 1 saturated heterocycles. The predicted molar refractivity (Wildman–Crippen MR) is 254 cm³/mol. The van der Waals surface area contributed by atoms with Gasteiger partial charge in [0.05, 0.1) is 50.3 Å². The molecule has 1 aromatic rings. The standard InChI is InChI=1S/C54H80O15/c1-7-8-9-10-11-12-13-14-15-45(59)64-30-32(2)54(62)44(29-40-38-21-18-35-28-36(56)24-26-52(35,4)39(38)25-27-53(40,54)5)68-51-49(66-33(3)55)47(42(58)31-65-51)67-43-23-22-41(57)46(60)48(43)69-50(61)34-16-19-37(63-6)20-17-34/h7,16-20,32,36,38-44,46-49,51,56-58,60,62H,1,8-15,21-31H2,2-6H3/t32-,36+,38?,39?,40?,41-,42+,43-,44+,46+,47+,48+,49-,51+,52+,53+,54-/m1/s1. The highest BCUT2D eigenvalue weighted by atomic mass is 16.7. The van der Waals surface area contributed by atoms with Crippen molar-refractivity contribution in [3.63, 3.8) is 0 Å². The fourth-order valence-electron chi connectivity index (χ4n) is 13.4. The molecule has 386 valence electrons.